The number of anilines is 1. The van der Waals surface area contributed by atoms with Crippen molar-refractivity contribution in [3.8, 4) is 0 Å². The Labute approximate surface area is 113 Å². The molecule has 110 valence electrons. The molecule has 0 radical (unpaired) electrons. The van der Waals surface area contributed by atoms with E-state index in [1.54, 1.807) is 0 Å². The molecule has 1 aromatic rings. The van der Waals surface area contributed by atoms with Crippen LogP contribution >= 0.6 is 0 Å². The smallest absolute Gasteiger partial charge is 0.303 e. The third kappa shape index (κ3) is 4.15. The molecule has 20 heavy (non-hydrogen) atoms. The van der Waals surface area contributed by atoms with Crippen molar-refractivity contribution >= 4 is 17.3 Å². The highest BCUT2D eigenvalue weighted by Gasteiger charge is 2.20. The summed E-state index contributed by atoms with van der Waals surface area (Å²) in [6, 6.07) is 3.24. The topological polar surface area (TPSA) is 83.7 Å². The first-order chi connectivity index (χ1) is 9.32. The summed E-state index contributed by atoms with van der Waals surface area (Å²) in [6.45, 7) is 0.268. The molecule has 0 heterocycles. The number of nitro groups is 1. The number of hydrogen-bond acceptors (Lipinski definition) is 4. The molecule has 0 atom stereocenters. The number of nitro benzene ring substituents is 1. The molecule has 0 unspecified atom stereocenters. The maximum absolute atomic E-state index is 12.9. The fourth-order valence-electron chi connectivity index (χ4n) is 1.77. The Morgan fingerprint density at radius 1 is 1.50 bits per heavy atom. The summed E-state index contributed by atoms with van der Waals surface area (Å²) in [6.07, 6.45) is -2.61. The van der Waals surface area contributed by atoms with E-state index < -0.39 is 28.6 Å². The standard InChI is InChI=1S/C12H14F2N2O4/c1-15(6-2-3-11(17)18)10-5-4-8(16(19)20)7-9(10)12(13)14/h4-5,7,12H,2-3,6H2,1H3,(H,17,18). The van der Waals surface area contributed by atoms with Crippen molar-refractivity contribution in [3.05, 3.63) is 33.9 Å². The Balaban J connectivity index is 2.92. The molecule has 1 aromatic carbocycles. The first-order valence-corrected chi connectivity index (χ1v) is 5.82. The van der Waals surface area contributed by atoms with Crippen molar-refractivity contribution in [1.82, 2.24) is 0 Å². The average Bonchev–Trinajstić information content (AvgIpc) is 2.37. The lowest BCUT2D eigenvalue weighted by molar-refractivity contribution is -0.385. The van der Waals surface area contributed by atoms with Crippen LogP contribution < -0.4 is 4.90 Å². The fraction of sp³-hybridized carbons (Fsp3) is 0.417. The first kappa shape index (κ1) is 15.8. The Morgan fingerprint density at radius 2 is 2.15 bits per heavy atom. The highest BCUT2D eigenvalue weighted by molar-refractivity contribution is 5.66. The van der Waals surface area contributed by atoms with Gasteiger partial charge in [-0.3, -0.25) is 14.9 Å². The number of carboxylic acids is 1. The van der Waals surface area contributed by atoms with E-state index in [9.17, 15) is 23.7 Å². The molecule has 8 heteroatoms. The second-order valence-electron chi connectivity index (χ2n) is 4.22. The van der Waals surface area contributed by atoms with Crippen LogP contribution in [0.5, 0.6) is 0 Å². The fourth-order valence-corrected chi connectivity index (χ4v) is 1.77. The van der Waals surface area contributed by atoms with Gasteiger partial charge in [-0.05, 0) is 12.5 Å². The number of benzene rings is 1. The third-order valence-electron chi connectivity index (χ3n) is 2.75. The number of rotatable bonds is 7. The Bertz CT molecular complexity index is 508. The minimum atomic E-state index is -2.84. The highest BCUT2D eigenvalue weighted by atomic mass is 19.3. The van der Waals surface area contributed by atoms with E-state index in [0.29, 0.717) is 6.42 Å². The molecule has 0 aliphatic carbocycles. The van der Waals surface area contributed by atoms with Gasteiger partial charge in [0, 0.05) is 43.4 Å². The van der Waals surface area contributed by atoms with Crippen molar-refractivity contribution in [2.24, 2.45) is 0 Å². The zero-order valence-corrected chi connectivity index (χ0v) is 10.8. The molecular weight excluding hydrogens is 274 g/mol. The van der Waals surface area contributed by atoms with Gasteiger partial charge in [-0.25, -0.2) is 8.78 Å². The lowest BCUT2D eigenvalue weighted by Gasteiger charge is -2.21. The van der Waals surface area contributed by atoms with E-state index in [4.69, 9.17) is 5.11 Å². The molecule has 0 fully saturated rings. The average molecular weight is 288 g/mol. The second-order valence-corrected chi connectivity index (χ2v) is 4.22. The number of carbonyl (C=O) groups is 1. The molecular formula is C12H14F2N2O4. The lowest BCUT2D eigenvalue weighted by Crippen LogP contribution is -2.21. The summed E-state index contributed by atoms with van der Waals surface area (Å²) in [5.41, 5.74) is -0.670. The van der Waals surface area contributed by atoms with Crippen molar-refractivity contribution in [3.63, 3.8) is 0 Å². The molecule has 0 saturated heterocycles. The maximum atomic E-state index is 12.9. The van der Waals surface area contributed by atoms with Gasteiger partial charge >= 0.3 is 5.97 Å². The summed E-state index contributed by atoms with van der Waals surface area (Å²) in [5, 5.41) is 19.1. The molecule has 0 aromatic heterocycles. The van der Waals surface area contributed by atoms with E-state index in [1.165, 1.54) is 18.0 Å². The van der Waals surface area contributed by atoms with Crippen molar-refractivity contribution < 1.29 is 23.6 Å². The molecule has 0 bridgehead atoms. The highest BCUT2D eigenvalue weighted by Crippen LogP contribution is 2.32. The van der Waals surface area contributed by atoms with Gasteiger partial charge in [0.1, 0.15) is 0 Å². The van der Waals surface area contributed by atoms with Crippen LogP contribution in [0.15, 0.2) is 18.2 Å². The van der Waals surface area contributed by atoms with E-state index in [2.05, 4.69) is 0 Å². The molecule has 0 spiro atoms. The predicted molar refractivity (Wildman–Crippen MR) is 68.2 cm³/mol. The predicted octanol–water partition coefficient (Wildman–Crippen LogP) is 2.83. The van der Waals surface area contributed by atoms with Gasteiger partial charge in [-0.2, -0.15) is 0 Å². The number of non-ortho nitro benzene ring substituents is 1. The van der Waals surface area contributed by atoms with Gasteiger partial charge < -0.3 is 10.0 Å². The van der Waals surface area contributed by atoms with Gasteiger partial charge in [0.15, 0.2) is 0 Å². The normalized spacial score (nSPS) is 10.6. The van der Waals surface area contributed by atoms with Crippen LogP contribution in [-0.4, -0.2) is 29.6 Å². The zero-order valence-electron chi connectivity index (χ0n) is 10.8. The van der Waals surface area contributed by atoms with Crippen LogP contribution in [0.1, 0.15) is 24.8 Å². The van der Waals surface area contributed by atoms with Crippen LogP contribution in [0.25, 0.3) is 0 Å². The zero-order chi connectivity index (χ0) is 15.3. The second kappa shape index (κ2) is 6.78. The number of alkyl halides is 2. The van der Waals surface area contributed by atoms with Gasteiger partial charge in [0.25, 0.3) is 12.1 Å². The first-order valence-electron chi connectivity index (χ1n) is 5.82. The summed E-state index contributed by atoms with van der Waals surface area (Å²) < 4.78 is 25.9. The van der Waals surface area contributed by atoms with Crippen LogP contribution in [0, 0.1) is 10.1 Å². The van der Waals surface area contributed by atoms with Crippen LogP contribution in [0.2, 0.25) is 0 Å². The molecule has 6 nitrogen and oxygen atoms in total. The van der Waals surface area contributed by atoms with Gasteiger partial charge in [0.05, 0.1) is 4.92 Å². The summed E-state index contributed by atoms with van der Waals surface area (Å²) in [5.74, 6) is -0.962. The quantitative estimate of drug-likeness (QED) is 0.616. The van der Waals surface area contributed by atoms with Gasteiger partial charge in [-0.15, -0.1) is 0 Å². The van der Waals surface area contributed by atoms with E-state index in [-0.39, 0.29) is 18.7 Å². The largest absolute Gasteiger partial charge is 0.481 e. The Hall–Kier alpha value is -2.25. The number of halogens is 2. The third-order valence-corrected chi connectivity index (χ3v) is 2.75. The van der Waals surface area contributed by atoms with Crippen molar-refractivity contribution in [2.75, 3.05) is 18.5 Å². The van der Waals surface area contributed by atoms with Gasteiger partial charge in [0.2, 0.25) is 0 Å². The van der Waals surface area contributed by atoms with Gasteiger partial charge in [-0.1, -0.05) is 0 Å². The minimum absolute atomic E-state index is 0.0681. The van der Waals surface area contributed by atoms with Crippen LogP contribution in [0.4, 0.5) is 20.2 Å². The number of hydrogen-bond donors (Lipinski definition) is 1. The van der Waals surface area contributed by atoms with Crippen LogP contribution in [-0.2, 0) is 4.79 Å². The summed E-state index contributed by atoms with van der Waals surface area (Å²) in [7, 11) is 1.54. The molecule has 1 N–H and O–H groups in total. The van der Waals surface area contributed by atoms with E-state index in [0.717, 1.165) is 12.1 Å². The Morgan fingerprint density at radius 3 is 2.65 bits per heavy atom. The molecule has 0 aliphatic heterocycles. The minimum Gasteiger partial charge on any atom is -0.481 e. The number of aliphatic carboxylic acids is 1. The molecule has 0 saturated carbocycles. The van der Waals surface area contributed by atoms with E-state index >= 15 is 0 Å². The van der Waals surface area contributed by atoms with Crippen molar-refractivity contribution in [2.45, 2.75) is 19.3 Å². The molecule has 0 aliphatic rings. The Kier molecular flexibility index (Phi) is 5.36. The number of nitrogens with zero attached hydrogens (tertiary/aromatic N) is 2. The summed E-state index contributed by atoms with van der Waals surface area (Å²) in [4.78, 5) is 21.7. The molecule has 0 amide bonds. The lowest BCUT2D eigenvalue weighted by atomic mass is 10.1. The SMILES string of the molecule is CN(CCCC(=O)O)c1ccc([N+](=O)[O-])cc1C(F)F. The maximum Gasteiger partial charge on any atom is 0.303 e. The monoisotopic (exact) mass is 288 g/mol. The molecule has 1 rings (SSSR count). The number of carboxylic acid groups (broad SMARTS) is 1. The summed E-state index contributed by atoms with van der Waals surface area (Å²) >= 11 is 0. The van der Waals surface area contributed by atoms with E-state index in [1.807, 2.05) is 0 Å². The van der Waals surface area contributed by atoms with Crippen molar-refractivity contribution in [1.29, 1.82) is 0 Å². The van der Waals surface area contributed by atoms with Crippen LogP contribution in [0.3, 0.4) is 0 Å².